The van der Waals surface area contributed by atoms with Crippen LogP contribution in [0.3, 0.4) is 0 Å². The van der Waals surface area contributed by atoms with Gasteiger partial charge < -0.3 is 4.42 Å². The molecule has 4 nitrogen and oxygen atoms in total. The van der Waals surface area contributed by atoms with Crippen molar-refractivity contribution in [2.45, 2.75) is 13.8 Å². The van der Waals surface area contributed by atoms with E-state index in [0.29, 0.717) is 5.89 Å². The van der Waals surface area contributed by atoms with Gasteiger partial charge in [-0.3, -0.25) is 4.79 Å². The quantitative estimate of drug-likeness (QED) is 0.815. The van der Waals surface area contributed by atoms with Crippen molar-refractivity contribution in [3.8, 4) is 11.5 Å². The Kier molecular flexibility index (Phi) is 3.38. The predicted octanol–water partition coefficient (Wildman–Crippen LogP) is 3.34. The van der Waals surface area contributed by atoms with Crippen molar-refractivity contribution in [2.75, 3.05) is 0 Å². The maximum Gasteiger partial charge on any atom is 0.284 e. The molecule has 0 aliphatic heterocycles. The van der Waals surface area contributed by atoms with Gasteiger partial charge in [-0.2, -0.15) is 0 Å². The number of hydrogen-bond acceptors (Lipinski definition) is 4. The molecule has 0 unspecified atom stereocenters. The van der Waals surface area contributed by atoms with Gasteiger partial charge in [0.2, 0.25) is 11.7 Å². The number of hydrogen-bond donors (Lipinski definition) is 0. The molecule has 17 heavy (non-hydrogen) atoms. The van der Waals surface area contributed by atoms with Crippen molar-refractivity contribution in [3.63, 3.8) is 0 Å². The van der Waals surface area contributed by atoms with Crippen molar-refractivity contribution in [1.82, 2.24) is 10.2 Å². The number of ketones is 1. The molecule has 0 amide bonds. The zero-order valence-electron chi connectivity index (χ0n) is 9.48. The number of carbonyl (C=O) groups is 1. The van der Waals surface area contributed by atoms with Crippen LogP contribution in [-0.2, 0) is 0 Å². The first-order chi connectivity index (χ1) is 8.09. The van der Waals surface area contributed by atoms with Crippen molar-refractivity contribution >= 4 is 21.7 Å². The van der Waals surface area contributed by atoms with Crippen molar-refractivity contribution < 1.29 is 9.21 Å². The van der Waals surface area contributed by atoms with Crippen LogP contribution >= 0.6 is 15.9 Å². The second-order valence-corrected chi connectivity index (χ2v) is 4.77. The van der Waals surface area contributed by atoms with E-state index >= 15 is 0 Å². The van der Waals surface area contributed by atoms with E-state index in [-0.39, 0.29) is 17.6 Å². The third-order valence-corrected chi connectivity index (χ3v) is 2.96. The summed E-state index contributed by atoms with van der Waals surface area (Å²) in [6.45, 7) is 3.59. The molecule has 5 heteroatoms. The highest BCUT2D eigenvalue weighted by Gasteiger charge is 2.19. The van der Waals surface area contributed by atoms with E-state index in [4.69, 9.17) is 4.42 Å². The Morgan fingerprint density at radius 2 is 2.00 bits per heavy atom. The molecule has 0 aliphatic rings. The van der Waals surface area contributed by atoms with Gasteiger partial charge in [-0.1, -0.05) is 26.0 Å². The van der Waals surface area contributed by atoms with Gasteiger partial charge in [0.05, 0.1) is 5.56 Å². The van der Waals surface area contributed by atoms with Crippen LogP contribution in [0.5, 0.6) is 0 Å². The minimum absolute atomic E-state index is 0.0609. The summed E-state index contributed by atoms with van der Waals surface area (Å²) >= 11 is 3.40. The summed E-state index contributed by atoms with van der Waals surface area (Å²) in [6.07, 6.45) is 0. The first-order valence-corrected chi connectivity index (χ1v) is 6.01. The van der Waals surface area contributed by atoms with Gasteiger partial charge in [0.25, 0.3) is 5.89 Å². The number of halogens is 1. The third kappa shape index (κ3) is 2.44. The molecule has 0 fully saturated rings. The lowest BCUT2D eigenvalue weighted by atomic mass is 10.1. The zero-order valence-corrected chi connectivity index (χ0v) is 11.1. The van der Waals surface area contributed by atoms with E-state index in [2.05, 4.69) is 26.1 Å². The first kappa shape index (κ1) is 12.0. The molecule has 0 aliphatic carbocycles. The average Bonchev–Trinajstić information content (AvgIpc) is 2.77. The van der Waals surface area contributed by atoms with Gasteiger partial charge in [-0.05, 0) is 28.1 Å². The molecule has 1 aromatic heterocycles. The molecule has 1 aromatic carbocycles. The van der Waals surface area contributed by atoms with Crippen molar-refractivity contribution in [3.05, 3.63) is 34.6 Å². The third-order valence-electron chi connectivity index (χ3n) is 2.26. The van der Waals surface area contributed by atoms with Gasteiger partial charge in [0, 0.05) is 10.4 Å². The summed E-state index contributed by atoms with van der Waals surface area (Å²) in [7, 11) is 0. The molecular formula is C12H11BrN2O2. The molecule has 0 saturated heterocycles. The Labute approximate surface area is 107 Å². The SMILES string of the molecule is CC(C)C(=O)c1nnc(-c2ccccc2Br)o1. The fourth-order valence-corrected chi connectivity index (χ4v) is 1.77. The smallest absolute Gasteiger partial charge is 0.284 e. The molecule has 2 aromatic rings. The van der Waals surface area contributed by atoms with E-state index in [1.54, 1.807) is 13.8 Å². The second-order valence-electron chi connectivity index (χ2n) is 3.91. The summed E-state index contributed by atoms with van der Waals surface area (Å²) in [4.78, 5) is 11.7. The van der Waals surface area contributed by atoms with Crippen LogP contribution in [0.1, 0.15) is 24.5 Å². The zero-order chi connectivity index (χ0) is 12.4. The largest absolute Gasteiger partial charge is 0.414 e. The molecule has 0 radical (unpaired) electrons. The maximum atomic E-state index is 11.7. The molecule has 0 spiro atoms. The summed E-state index contributed by atoms with van der Waals surface area (Å²) in [6, 6.07) is 7.49. The molecule has 2 rings (SSSR count). The van der Waals surface area contributed by atoms with Crippen LogP contribution in [0.25, 0.3) is 11.5 Å². The van der Waals surface area contributed by atoms with Crippen molar-refractivity contribution in [2.24, 2.45) is 5.92 Å². The Bertz CT molecular complexity index is 549. The fraction of sp³-hybridized carbons (Fsp3) is 0.250. The molecule has 0 N–H and O–H groups in total. The number of aromatic nitrogens is 2. The van der Waals surface area contributed by atoms with E-state index in [9.17, 15) is 4.79 Å². The predicted molar refractivity (Wildman–Crippen MR) is 66.6 cm³/mol. The van der Waals surface area contributed by atoms with E-state index in [0.717, 1.165) is 10.0 Å². The summed E-state index contributed by atoms with van der Waals surface area (Å²) in [5.41, 5.74) is 0.780. The van der Waals surface area contributed by atoms with E-state index in [1.165, 1.54) is 0 Å². The number of rotatable bonds is 3. The lowest BCUT2D eigenvalue weighted by Crippen LogP contribution is -2.07. The van der Waals surface area contributed by atoms with Crippen LogP contribution in [-0.4, -0.2) is 16.0 Å². The minimum atomic E-state index is -0.150. The maximum absolute atomic E-state index is 11.7. The lowest BCUT2D eigenvalue weighted by molar-refractivity contribution is 0.0905. The van der Waals surface area contributed by atoms with E-state index in [1.807, 2.05) is 24.3 Å². The Morgan fingerprint density at radius 3 is 2.65 bits per heavy atom. The number of Topliss-reactive ketones (excluding diaryl/α,β-unsaturated/α-hetero) is 1. The molecule has 88 valence electrons. The second kappa shape index (κ2) is 4.79. The highest BCUT2D eigenvalue weighted by atomic mass is 79.9. The minimum Gasteiger partial charge on any atom is -0.414 e. The molecular weight excluding hydrogens is 284 g/mol. The normalized spacial score (nSPS) is 10.8. The van der Waals surface area contributed by atoms with E-state index < -0.39 is 0 Å². The molecule has 1 heterocycles. The summed E-state index contributed by atoms with van der Waals surface area (Å²) in [5, 5.41) is 7.65. The van der Waals surface area contributed by atoms with Crippen LogP contribution < -0.4 is 0 Å². The Hall–Kier alpha value is -1.49. The van der Waals surface area contributed by atoms with Gasteiger partial charge in [0.15, 0.2) is 0 Å². The van der Waals surface area contributed by atoms with Gasteiger partial charge >= 0.3 is 0 Å². The number of carbonyl (C=O) groups excluding carboxylic acids is 1. The van der Waals surface area contributed by atoms with Crippen LogP contribution in [0, 0.1) is 5.92 Å². The Balaban J connectivity index is 2.37. The fourth-order valence-electron chi connectivity index (χ4n) is 1.31. The van der Waals surface area contributed by atoms with Crippen LogP contribution in [0.4, 0.5) is 0 Å². The van der Waals surface area contributed by atoms with Crippen LogP contribution in [0.2, 0.25) is 0 Å². The number of nitrogens with zero attached hydrogens (tertiary/aromatic N) is 2. The standard InChI is InChI=1S/C12H11BrN2O2/c1-7(2)10(16)12-15-14-11(17-12)8-5-3-4-6-9(8)13/h3-7H,1-2H3. The van der Waals surface area contributed by atoms with Crippen LogP contribution in [0.15, 0.2) is 33.2 Å². The van der Waals surface area contributed by atoms with Gasteiger partial charge in [0.1, 0.15) is 0 Å². The topological polar surface area (TPSA) is 56.0 Å². The number of benzene rings is 1. The highest BCUT2D eigenvalue weighted by Crippen LogP contribution is 2.26. The monoisotopic (exact) mass is 294 g/mol. The molecule has 0 saturated carbocycles. The molecule has 0 atom stereocenters. The molecule has 0 bridgehead atoms. The highest BCUT2D eigenvalue weighted by molar-refractivity contribution is 9.10. The first-order valence-electron chi connectivity index (χ1n) is 5.22. The summed E-state index contributed by atoms with van der Waals surface area (Å²) in [5.74, 6) is 0.116. The average molecular weight is 295 g/mol. The lowest BCUT2D eigenvalue weighted by Gasteiger charge is -1.98. The summed E-state index contributed by atoms with van der Waals surface area (Å²) < 4.78 is 6.23. The van der Waals surface area contributed by atoms with Gasteiger partial charge in [-0.15, -0.1) is 10.2 Å². The van der Waals surface area contributed by atoms with Gasteiger partial charge in [-0.25, -0.2) is 0 Å². The Morgan fingerprint density at radius 1 is 1.29 bits per heavy atom. The van der Waals surface area contributed by atoms with Crippen molar-refractivity contribution in [1.29, 1.82) is 0 Å².